The molecule has 0 aliphatic carbocycles. The molecule has 1 aromatic rings. The second-order valence-electron chi connectivity index (χ2n) is 5.63. The highest BCUT2D eigenvalue weighted by Crippen LogP contribution is 2.31. The van der Waals surface area contributed by atoms with Crippen LogP contribution in [-0.2, 0) is 15.7 Å². The van der Waals surface area contributed by atoms with Gasteiger partial charge in [-0.15, -0.1) is 0 Å². The van der Waals surface area contributed by atoms with Gasteiger partial charge in [0.2, 0.25) is 0 Å². The van der Waals surface area contributed by atoms with E-state index >= 15 is 0 Å². The summed E-state index contributed by atoms with van der Waals surface area (Å²) in [7, 11) is 0. The highest BCUT2D eigenvalue weighted by Gasteiger charge is 2.31. The molecule has 0 radical (unpaired) electrons. The molecule has 0 unspecified atom stereocenters. The van der Waals surface area contributed by atoms with Gasteiger partial charge >= 0.3 is 6.18 Å². The zero-order chi connectivity index (χ0) is 17.0. The van der Waals surface area contributed by atoms with E-state index < -0.39 is 17.8 Å². The largest absolute Gasteiger partial charge is 0.481 e. The summed E-state index contributed by atoms with van der Waals surface area (Å²) in [6.45, 7) is 4.02. The molecule has 23 heavy (non-hydrogen) atoms. The highest BCUT2D eigenvalue weighted by atomic mass is 19.4. The average molecular weight is 331 g/mol. The van der Waals surface area contributed by atoms with Crippen molar-refractivity contribution in [2.45, 2.75) is 51.1 Å². The third kappa shape index (κ3) is 4.86. The maximum absolute atomic E-state index is 12.7. The molecule has 0 saturated carbocycles. The van der Waals surface area contributed by atoms with Crippen LogP contribution in [0.1, 0.15) is 32.3 Å². The van der Waals surface area contributed by atoms with Crippen LogP contribution in [0, 0.1) is 0 Å². The first kappa shape index (κ1) is 17.6. The van der Waals surface area contributed by atoms with Crippen LogP contribution >= 0.6 is 0 Å². The van der Waals surface area contributed by atoms with Crippen molar-refractivity contribution in [3.8, 4) is 5.75 Å². The standard InChI is InChI=1S/C16H20F3NO3/c1-10(14-7-4-8-22-14)20-15(21)11(2)23-13-6-3-5-12(9-13)16(17,18)19/h3,5-6,9-11,14H,4,7-8H2,1-2H3,(H,20,21)/t10-,11+,14+/m1/s1. The van der Waals surface area contributed by atoms with Gasteiger partial charge < -0.3 is 14.8 Å². The van der Waals surface area contributed by atoms with Gasteiger partial charge in [-0.2, -0.15) is 13.2 Å². The molecule has 0 aromatic heterocycles. The molecule has 7 heteroatoms. The zero-order valence-electron chi connectivity index (χ0n) is 13.0. The lowest BCUT2D eigenvalue weighted by Gasteiger charge is -2.22. The number of alkyl halides is 3. The molecule has 1 amide bonds. The number of rotatable bonds is 5. The number of carbonyl (C=O) groups is 1. The number of hydrogen-bond donors (Lipinski definition) is 1. The van der Waals surface area contributed by atoms with Crippen LogP contribution in [0.15, 0.2) is 24.3 Å². The number of halogens is 3. The van der Waals surface area contributed by atoms with Crippen LogP contribution in [0.25, 0.3) is 0 Å². The Bertz CT molecular complexity index is 542. The first-order valence-electron chi connectivity index (χ1n) is 7.53. The summed E-state index contributed by atoms with van der Waals surface area (Å²) in [6, 6.07) is 4.31. The van der Waals surface area contributed by atoms with Crippen molar-refractivity contribution in [3.63, 3.8) is 0 Å². The maximum atomic E-state index is 12.7. The molecule has 1 heterocycles. The Morgan fingerprint density at radius 1 is 1.39 bits per heavy atom. The van der Waals surface area contributed by atoms with Crippen LogP contribution in [0.5, 0.6) is 5.75 Å². The molecule has 1 saturated heterocycles. The van der Waals surface area contributed by atoms with Gasteiger partial charge in [0.05, 0.1) is 17.7 Å². The third-order valence-corrected chi connectivity index (χ3v) is 3.74. The predicted octanol–water partition coefficient (Wildman–Crippen LogP) is 3.16. The number of carbonyl (C=O) groups excluding carboxylic acids is 1. The molecule has 1 aliphatic heterocycles. The molecular formula is C16H20F3NO3. The summed E-state index contributed by atoms with van der Waals surface area (Å²) < 4.78 is 48.8. The zero-order valence-corrected chi connectivity index (χ0v) is 13.0. The summed E-state index contributed by atoms with van der Waals surface area (Å²) in [5, 5.41) is 2.78. The summed E-state index contributed by atoms with van der Waals surface area (Å²) in [5.74, 6) is -0.377. The third-order valence-electron chi connectivity index (χ3n) is 3.74. The maximum Gasteiger partial charge on any atom is 0.416 e. The number of benzene rings is 1. The van der Waals surface area contributed by atoms with Crippen molar-refractivity contribution in [1.29, 1.82) is 0 Å². The lowest BCUT2D eigenvalue weighted by atomic mass is 10.1. The van der Waals surface area contributed by atoms with Crippen molar-refractivity contribution < 1.29 is 27.4 Å². The van der Waals surface area contributed by atoms with Gasteiger partial charge in [-0.05, 0) is 44.9 Å². The summed E-state index contributed by atoms with van der Waals surface area (Å²) in [5.41, 5.74) is -0.810. The molecule has 2 rings (SSSR count). The molecular weight excluding hydrogens is 311 g/mol. The Hall–Kier alpha value is -1.76. The number of ether oxygens (including phenoxy) is 2. The van der Waals surface area contributed by atoms with Crippen molar-refractivity contribution in [2.75, 3.05) is 6.61 Å². The number of amides is 1. The number of hydrogen-bond acceptors (Lipinski definition) is 3. The molecule has 1 fully saturated rings. The number of nitrogens with one attached hydrogen (secondary N) is 1. The van der Waals surface area contributed by atoms with E-state index in [9.17, 15) is 18.0 Å². The lowest BCUT2D eigenvalue weighted by molar-refractivity contribution is -0.137. The van der Waals surface area contributed by atoms with Crippen LogP contribution in [-0.4, -0.2) is 30.8 Å². The smallest absolute Gasteiger partial charge is 0.416 e. The van der Waals surface area contributed by atoms with Gasteiger partial charge in [0.25, 0.3) is 5.91 Å². The summed E-state index contributed by atoms with van der Waals surface area (Å²) in [4.78, 5) is 12.1. The van der Waals surface area contributed by atoms with Gasteiger partial charge in [0.15, 0.2) is 6.10 Å². The van der Waals surface area contributed by atoms with E-state index in [1.165, 1.54) is 19.1 Å². The Kier molecular flexibility index (Phi) is 5.51. The molecule has 4 nitrogen and oxygen atoms in total. The Labute approximate surface area is 133 Å². The van der Waals surface area contributed by atoms with Crippen molar-refractivity contribution >= 4 is 5.91 Å². The second-order valence-corrected chi connectivity index (χ2v) is 5.63. The van der Waals surface area contributed by atoms with Crippen LogP contribution < -0.4 is 10.1 Å². The van der Waals surface area contributed by atoms with E-state index in [0.29, 0.717) is 6.61 Å². The van der Waals surface area contributed by atoms with Crippen molar-refractivity contribution in [1.82, 2.24) is 5.32 Å². The van der Waals surface area contributed by atoms with Crippen molar-refractivity contribution in [3.05, 3.63) is 29.8 Å². The highest BCUT2D eigenvalue weighted by molar-refractivity contribution is 5.81. The van der Waals surface area contributed by atoms with Gasteiger partial charge in [0.1, 0.15) is 5.75 Å². The lowest BCUT2D eigenvalue weighted by Crippen LogP contribution is -2.46. The van der Waals surface area contributed by atoms with Crippen LogP contribution in [0.4, 0.5) is 13.2 Å². The predicted molar refractivity (Wildman–Crippen MR) is 78.1 cm³/mol. The van der Waals surface area contributed by atoms with Crippen molar-refractivity contribution in [2.24, 2.45) is 0 Å². The minimum atomic E-state index is -4.45. The normalized spacial score (nSPS) is 20.8. The van der Waals surface area contributed by atoms with Gasteiger partial charge in [0, 0.05) is 6.61 Å². The van der Waals surface area contributed by atoms with Gasteiger partial charge in [-0.3, -0.25) is 4.79 Å². The minimum Gasteiger partial charge on any atom is -0.481 e. The monoisotopic (exact) mass is 331 g/mol. The molecule has 3 atom stereocenters. The Morgan fingerprint density at radius 3 is 2.74 bits per heavy atom. The minimum absolute atomic E-state index is 0.00671. The fourth-order valence-electron chi connectivity index (χ4n) is 2.43. The fourth-order valence-corrected chi connectivity index (χ4v) is 2.43. The molecule has 0 bridgehead atoms. The van der Waals surface area contributed by atoms with E-state index in [4.69, 9.17) is 9.47 Å². The van der Waals surface area contributed by atoms with Gasteiger partial charge in [-0.25, -0.2) is 0 Å². The average Bonchev–Trinajstić information content (AvgIpc) is 3.00. The molecule has 0 spiro atoms. The van der Waals surface area contributed by atoms with Gasteiger partial charge in [-0.1, -0.05) is 6.07 Å². The molecule has 1 N–H and O–H groups in total. The first-order valence-corrected chi connectivity index (χ1v) is 7.53. The van der Waals surface area contributed by atoms with E-state index in [1.807, 2.05) is 6.92 Å². The topological polar surface area (TPSA) is 47.6 Å². The van der Waals surface area contributed by atoms with E-state index in [1.54, 1.807) is 0 Å². The summed E-state index contributed by atoms with van der Waals surface area (Å²) in [6.07, 6.45) is -3.54. The molecule has 1 aliphatic rings. The fraction of sp³-hybridized carbons (Fsp3) is 0.562. The molecule has 128 valence electrons. The van der Waals surface area contributed by atoms with Crippen LogP contribution in [0.3, 0.4) is 0 Å². The van der Waals surface area contributed by atoms with Crippen LogP contribution in [0.2, 0.25) is 0 Å². The second kappa shape index (κ2) is 7.21. The Morgan fingerprint density at radius 2 is 2.13 bits per heavy atom. The molecule has 1 aromatic carbocycles. The Balaban J connectivity index is 1.93. The van der Waals surface area contributed by atoms with E-state index in [0.717, 1.165) is 25.0 Å². The quantitative estimate of drug-likeness (QED) is 0.902. The SMILES string of the molecule is C[C@H](Oc1cccc(C(F)(F)F)c1)C(=O)N[C@H](C)[C@@H]1CCCO1. The summed E-state index contributed by atoms with van der Waals surface area (Å²) >= 11 is 0. The van der Waals surface area contributed by atoms with E-state index in [-0.39, 0.29) is 23.8 Å². The van der Waals surface area contributed by atoms with E-state index in [2.05, 4.69) is 5.32 Å². The first-order chi connectivity index (χ1) is 10.8.